The minimum absolute atomic E-state index is 0.0203. The van der Waals surface area contributed by atoms with Gasteiger partial charge >= 0.3 is 5.97 Å². The van der Waals surface area contributed by atoms with Crippen molar-refractivity contribution in [1.29, 1.82) is 0 Å². The van der Waals surface area contributed by atoms with Gasteiger partial charge in [-0.05, 0) is 31.9 Å². The molecule has 1 N–H and O–H groups in total. The molecular formula is C16H19NO3S. The van der Waals surface area contributed by atoms with Crippen molar-refractivity contribution in [3.05, 3.63) is 44.9 Å². The molecule has 0 aliphatic rings. The first-order valence-electron chi connectivity index (χ1n) is 6.81. The van der Waals surface area contributed by atoms with Gasteiger partial charge in [0.05, 0.1) is 23.7 Å². The predicted octanol–water partition coefficient (Wildman–Crippen LogP) is 3.32. The molecule has 0 aliphatic carbocycles. The van der Waals surface area contributed by atoms with E-state index in [0.717, 1.165) is 21.9 Å². The zero-order chi connectivity index (χ0) is 15.4. The van der Waals surface area contributed by atoms with Crippen molar-refractivity contribution in [1.82, 2.24) is 4.98 Å². The highest BCUT2D eigenvalue weighted by atomic mass is 32.1. The summed E-state index contributed by atoms with van der Waals surface area (Å²) in [6.07, 6.45) is 0.671. The van der Waals surface area contributed by atoms with Crippen molar-refractivity contribution in [2.24, 2.45) is 0 Å². The van der Waals surface area contributed by atoms with E-state index in [1.165, 1.54) is 16.9 Å². The summed E-state index contributed by atoms with van der Waals surface area (Å²) in [5.74, 6) is 0.0805. The Morgan fingerprint density at radius 1 is 1.29 bits per heavy atom. The molecule has 0 amide bonds. The molecule has 112 valence electrons. The summed E-state index contributed by atoms with van der Waals surface area (Å²) in [5.41, 5.74) is 4.12. The first-order valence-corrected chi connectivity index (χ1v) is 7.69. The SMILES string of the molecule is Cc1cc(C)c(OCCc2nc(CC(=O)O)cs2)c(C)c1. The molecule has 0 saturated heterocycles. The Kier molecular flexibility index (Phi) is 4.96. The van der Waals surface area contributed by atoms with E-state index in [2.05, 4.69) is 24.0 Å². The van der Waals surface area contributed by atoms with Crippen molar-refractivity contribution >= 4 is 17.3 Å². The summed E-state index contributed by atoms with van der Waals surface area (Å²) in [5, 5.41) is 11.4. The van der Waals surface area contributed by atoms with E-state index >= 15 is 0 Å². The molecule has 0 aliphatic heterocycles. The molecule has 0 atom stereocenters. The second kappa shape index (κ2) is 6.72. The van der Waals surface area contributed by atoms with Crippen LogP contribution >= 0.6 is 11.3 Å². The van der Waals surface area contributed by atoms with Crippen molar-refractivity contribution in [2.75, 3.05) is 6.61 Å². The number of rotatable bonds is 6. The second-order valence-electron chi connectivity index (χ2n) is 5.13. The third-order valence-corrected chi connectivity index (χ3v) is 4.06. The third kappa shape index (κ3) is 4.29. The fourth-order valence-corrected chi connectivity index (χ4v) is 3.11. The van der Waals surface area contributed by atoms with Crippen molar-refractivity contribution in [3.63, 3.8) is 0 Å². The molecule has 0 radical (unpaired) electrons. The molecule has 2 rings (SSSR count). The third-order valence-electron chi connectivity index (χ3n) is 3.10. The number of thiazole rings is 1. The number of aromatic nitrogens is 1. The van der Waals surface area contributed by atoms with Crippen LogP contribution < -0.4 is 4.74 Å². The fourth-order valence-electron chi connectivity index (χ4n) is 2.33. The molecule has 1 aromatic carbocycles. The van der Waals surface area contributed by atoms with Crippen LogP contribution in [-0.2, 0) is 17.6 Å². The van der Waals surface area contributed by atoms with Gasteiger partial charge in [-0.15, -0.1) is 11.3 Å². The van der Waals surface area contributed by atoms with E-state index < -0.39 is 5.97 Å². The molecule has 0 fully saturated rings. The lowest BCUT2D eigenvalue weighted by molar-refractivity contribution is -0.136. The number of hydrogen-bond donors (Lipinski definition) is 1. The molecule has 5 heteroatoms. The molecular weight excluding hydrogens is 286 g/mol. The number of carbonyl (C=O) groups is 1. The number of carboxylic acid groups (broad SMARTS) is 1. The zero-order valence-corrected chi connectivity index (χ0v) is 13.3. The van der Waals surface area contributed by atoms with E-state index in [4.69, 9.17) is 9.84 Å². The standard InChI is InChI=1S/C16H19NO3S/c1-10-6-11(2)16(12(3)7-10)20-5-4-14-17-13(9-21-14)8-15(18)19/h6-7,9H,4-5,8H2,1-3H3,(H,18,19). The monoisotopic (exact) mass is 305 g/mol. The second-order valence-corrected chi connectivity index (χ2v) is 6.07. The van der Waals surface area contributed by atoms with Gasteiger partial charge in [0.2, 0.25) is 0 Å². The van der Waals surface area contributed by atoms with Crippen LogP contribution in [0.15, 0.2) is 17.5 Å². The maximum Gasteiger partial charge on any atom is 0.309 e. The zero-order valence-electron chi connectivity index (χ0n) is 12.5. The summed E-state index contributed by atoms with van der Waals surface area (Å²) in [7, 11) is 0. The Bertz CT molecular complexity index is 626. The van der Waals surface area contributed by atoms with Crippen molar-refractivity contribution in [3.8, 4) is 5.75 Å². The molecule has 1 heterocycles. The molecule has 0 saturated carbocycles. The summed E-state index contributed by atoms with van der Waals surface area (Å²) in [4.78, 5) is 14.9. The maximum absolute atomic E-state index is 10.6. The van der Waals surface area contributed by atoms with Gasteiger partial charge in [0.1, 0.15) is 5.75 Å². The van der Waals surface area contributed by atoms with Gasteiger partial charge < -0.3 is 9.84 Å². The summed E-state index contributed by atoms with van der Waals surface area (Å²) in [6.45, 7) is 6.71. The van der Waals surface area contributed by atoms with Crippen LogP contribution in [-0.4, -0.2) is 22.7 Å². The van der Waals surface area contributed by atoms with Crippen LogP contribution in [0.2, 0.25) is 0 Å². The Morgan fingerprint density at radius 3 is 2.57 bits per heavy atom. The molecule has 2 aromatic rings. The van der Waals surface area contributed by atoms with Crippen LogP contribution in [0.5, 0.6) is 5.75 Å². The normalized spacial score (nSPS) is 10.6. The van der Waals surface area contributed by atoms with Gasteiger partial charge in [-0.3, -0.25) is 4.79 Å². The maximum atomic E-state index is 10.6. The summed E-state index contributed by atoms with van der Waals surface area (Å²) >= 11 is 1.48. The van der Waals surface area contributed by atoms with E-state index in [9.17, 15) is 4.79 Å². The van der Waals surface area contributed by atoms with Gasteiger partial charge in [0.25, 0.3) is 0 Å². The predicted molar refractivity (Wildman–Crippen MR) is 83.3 cm³/mol. The van der Waals surface area contributed by atoms with E-state index in [0.29, 0.717) is 18.7 Å². The van der Waals surface area contributed by atoms with Crippen LogP contribution in [0.25, 0.3) is 0 Å². The van der Waals surface area contributed by atoms with E-state index in [1.807, 2.05) is 13.8 Å². The molecule has 1 aromatic heterocycles. The van der Waals surface area contributed by atoms with Crippen LogP contribution in [0.4, 0.5) is 0 Å². The minimum atomic E-state index is -0.853. The van der Waals surface area contributed by atoms with Gasteiger partial charge in [-0.2, -0.15) is 0 Å². The van der Waals surface area contributed by atoms with Gasteiger partial charge in [0, 0.05) is 11.8 Å². The largest absolute Gasteiger partial charge is 0.493 e. The van der Waals surface area contributed by atoms with E-state index in [-0.39, 0.29) is 6.42 Å². The molecule has 0 unspecified atom stereocenters. The van der Waals surface area contributed by atoms with Crippen LogP contribution in [0.3, 0.4) is 0 Å². The van der Waals surface area contributed by atoms with E-state index in [1.54, 1.807) is 5.38 Å². The van der Waals surface area contributed by atoms with Gasteiger partial charge in [-0.1, -0.05) is 17.7 Å². The van der Waals surface area contributed by atoms with Crippen molar-refractivity contribution in [2.45, 2.75) is 33.6 Å². The number of ether oxygens (including phenoxy) is 1. The highest BCUT2D eigenvalue weighted by Gasteiger charge is 2.08. The topological polar surface area (TPSA) is 59.4 Å². The molecule has 0 bridgehead atoms. The summed E-state index contributed by atoms with van der Waals surface area (Å²) < 4.78 is 5.87. The Hall–Kier alpha value is -1.88. The lowest BCUT2D eigenvalue weighted by Crippen LogP contribution is -2.05. The number of aryl methyl sites for hydroxylation is 3. The smallest absolute Gasteiger partial charge is 0.309 e. The lowest BCUT2D eigenvalue weighted by atomic mass is 10.1. The van der Waals surface area contributed by atoms with Gasteiger partial charge in [-0.25, -0.2) is 4.98 Å². The number of benzene rings is 1. The average molecular weight is 305 g/mol. The highest BCUT2D eigenvalue weighted by molar-refractivity contribution is 7.09. The Labute approximate surface area is 128 Å². The number of hydrogen-bond acceptors (Lipinski definition) is 4. The lowest BCUT2D eigenvalue weighted by Gasteiger charge is -2.12. The first kappa shape index (κ1) is 15.5. The molecule has 4 nitrogen and oxygen atoms in total. The number of nitrogens with zero attached hydrogens (tertiary/aromatic N) is 1. The Balaban J connectivity index is 1.93. The summed E-state index contributed by atoms with van der Waals surface area (Å²) in [6, 6.07) is 4.22. The fraction of sp³-hybridized carbons (Fsp3) is 0.375. The van der Waals surface area contributed by atoms with Gasteiger partial charge in [0.15, 0.2) is 0 Å². The highest BCUT2D eigenvalue weighted by Crippen LogP contribution is 2.24. The number of carboxylic acids is 1. The Morgan fingerprint density at radius 2 is 1.95 bits per heavy atom. The molecule has 21 heavy (non-hydrogen) atoms. The van der Waals surface area contributed by atoms with Crippen LogP contribution in [0.1, 0.15) is 27.4 Å². The van der Waals surface area contributed by atoms with Crippen LogP contribution in [0, 0.1) is 20.8 Å². The quantitative estimate of drug-likeness (QED) is 0.889. The van der Waals surface area contributed by atoms with Crippen molar-refractivity contribution < 1.29 is 14.6 Å². The molecule has 0 spiro atoms. The average Bonchev–Trinajstić information content (AvgIpc) is 2.79. The first-order chi connectivity index (χ1) is 9.95. The number of aliphatic carboxylic acids is 1. The minimum Gasteiger partial charge on any atom is -0.493 e.